The van der Waals surface area contributed by atoms with Crippen LogP contribution < -0.4 is 34.7 Å². The summed E-state index contributed by atoms with van der Waals surface area (Å²) in [7, 11) is 0. The van der Waals surface area contributed by atoms with E-state index in [9.17, 15) is 9.90 Å². The monoisotopic (exact) mass is 174 g/mol. The van der Waals surface area contributed by atoms with Crippen molar-refractivity contribution in [2.24, 2.45) is 0 Å². The van der Waals surface area contributed by atoms with Crippen LogP contribution in [-0.4, -0.2) is 5.97 Å². The van der Waals surface area contributed by atoms with Gasteiger partial charge in [0.2, 0.25) is 0 Å². The molecule has 0 bridgehead atoms. The van der Waals surface area contributed by atoms with Crippen LogP contribution in [0.1, 0.15) is 2.74 Å². The third-order valence-electron chi connectivity index (χ3n) is 0.179. The predicted octanol–water partition coefficient (Wildman–Crippen LogP) is -3.35. The van der Waals surface area contributed by atoms with E-state index in [1.807, 2.05) is 0 Å². The molecule has 34 valence electrons. The zero-order valence-electron chi connectivity index (χ0n) is 5.69. The molecule has 0 aliphatic rings. The summed E-state index contributed by atoms with van der Waals surface area (Å²) in [5, 5.41) is 9.68. The molecule has 0 fully saturated rings. The van der Waals surface area contributed by atoms with E-state index >= 15 is 0 Å². The zero-order valence-corrected chi connectivity index (χ0v) is 7.28. The number of carboxylic acids is 1. The number of rotatable bonds is 1. The minimum absolute atomic E-state index is 0. The van der Waals surface area contributed by atoms with Crippen molar-refractivity contribution < 1.29 is 42.2 Å². The van der Waals surface area contributed by atoms with Gasteiger partial charge in [-0.1, -0.05) is 6.53 Å². The summed E-state index contributed by atoms with van der Waals surface area (Å²) in [5.74, 6) is -1.54. The van der Waals surface area contributed by atoms with Crippen molar-refractivity contribution >= 4 is 21.9 Å². The first-order chi connectivity index (χ1) is 3.55. The van der Waals surface area contributed by atoms with Crippen LogP contribution in [0, 0.1) is 0 Å². The summed E-state index contributed by atoms with van der Waals surface area (Å²) >= 11 is 2.45. The van der Waals surface area contributed by atoms with Gasteiger partial charge in [0.15, 0.2) is 0 Å². The van der Waals surface area contributed by atoms with Gasteiger partial charge in [-0.2, -0.15) is 0 Å². The summed E-state index contributed by atoms with van der Waals surface area (Å²) in [4.78, 5) is 9.68. The van der Waals surface area contributed by atoms with E-state index in [1.165, 1.54) is 0 Å². The molecule has 0 aromatic carbocycles. The first-order valence-corrected chi connectivity index (χ1v) is 1.89. The van der Waals surface area contributed by atoms with Crippen molar-refractivity contribution in [1.82, 2.24) is 0 Å². The van der Waals surface area contributed by atoms with Crippen molar-refractivity contribution in [3.8, 4) is 0 Å². The van der Waals surface area contributed by atoms with Gasteiger partial charge in [-0.15, -0.1) is 0 Å². The summed E-state index contributed by atoms with van der Waals surface area (Å²) < 4.78 is 12.3. The van der Waals surface area contributed by atoms with Crippen LogP contribution in [0.15, 0.2) is 11.0 Å². The normalized spacial score (nSPS) is 9.86. The Morgan fingerprint density at radius 1 is 2.00 bits per heavy atom. The van der Waals surface area contributed by atoms with Gasteiger partial charge in [0, 0.05) is 4.48 Å². The van der Waals surface area contributed by atoms with E-state index in [1.54, 1.807) is 0 Å². The first kappa shape index (κ1) is 5.82. The van der Waals surface area contributed by atoms with Gasteiger partial charge in [0.25, 0.3) is 0 Å². The maximum absolute atomic E-state index is 9.68. The topological polar surface area (TPSA) is 40.1 Å². The van der Waals surface area contributed by atoms with Crippen molar-refractivity contribution in [2.45, 2.75) is 0 Å². The minimum atomic E-state index is -1.54. The van der Waals surface area contributed by atoms with Gasteiger partial charge in [0.1, 0.15) is 0 Å². The first-order valence-electron chi connectivity index (χ1n) is 2.10. The maximum Gasteiger partial charge on any atom is 1.00 e. The van der Waals surface area contributed by atoms with Crippen molar-refractivity contribution in [3.05, 3.63) is 11.0 Å². The van der Waals surface area contributed by atoms with Crippen LogP contribution in [0.2, 0.25) is 0 Å². The molecule has 7 heavy (non-hydrogen) atoms. The smallest absolute Gasteiger partial charge is 0.544 e. The number of carbonyl (C=O) groups excluding carboxylic acids is 1. The summed E-state index contributed by atoms with van der Waals surface area (Å²) in [6.07, 6.45) is 0. The Morgan fingerprint density at radius 2 is 2.43 bits per heavy atom. The van der Waals surface area contributed by atoms with Crippen LogP contribution in [0.3, 0.4) is 0 Å². The van der Waals surface area contributed by atoms with Crippen LogP contribution in [-0.2, 0) is 4.79 Å². The van der Waals surface area contributed by atoms with E-state index in [2.05, 4.69) is 15.9 Å². The molecule has 0 amide bonds. The standard InChI is InChI=1S/C3H3BrO2.Na/c1-2(4)3(5)6;/h1H2,(H,5,6);/q;+1/p-1/i1D2;. The van der Waals surface area contributed by atoms with Gasteiger partial charge >= 0.3 is 29.6 Å². The number of halogens is 1. The van der Waals surface area contributed by atoms with E-state index in [0.29, 0.717) is 0 Å². The van der Waals surface area contributed by atoms with Gasteiger partial charge in [-0.05, 0) is 15.9 Å². The molecule has 0 aromatic rings. The van der Waals surface area contributed by atoms with E-state index in [-0.39, 0.29) is 29.6 Å². The quantitative estimate of drug-likeness (QED) is 0.308. The third kappa shape index (κ3) is 6.69. The zero-order chi connectivity index (χ0) is 6.73. The Balaban J connectivity index is 0. The Labute approximate surface area is 74.8 Å². The second-order valence-corrected chi connectivity index (χ2v) is 1.39. The molecule has 2 nitrogen and oxygen atoms in total. The largest absolute Gasteiger partial charge is 1.00 e. The number of aliphatic carboxylic acids is 1. The second kappa shape index (κ2) is 4.84. The molecule has 0 aliphatic heterocycles. The van der Waals surface area contributed by atoms with Gasteiger partial charge in [-0.25, -0.2) is 0 Å². The molecule has 4 heteroatoms. The molecule has 0 saturated heterocycles. The molecule has 0 heterocycles. The third-order valence-corrected chi connectivity index (χ3v) is 0.503. The molecule has 0 rings (SSSR count). The SMILES string of the molecule is [2H]C([2H])=C(Br)C(=O)[O-].[Na+]. The fraction of sp³-hybridized carbons (Fsp3) is 0. The maximum atomic E-state index is 9.68. The summed E-state index contributed by atoms with van der Waals surface area (Å²) in [6, 6.07) is 0. The molecule has 0 aliphatic carbocycles. The summed E-state index contributed by atoms with van der Waals surface area (Å²) in [5.41, 5.74) is 0. The Morgan fingerprint density at radius 3 is 2.43 bits per heavy atom. The van der Waals surface area contributed by atoms with Gasteiger partial charge in [-0.3, -0.25) is 0 Å². The van der Waals surface area contributed by atoms with Crippen LogP contribution >= 0.6 is 15.9 Å². The van der Waals surface area contributed by atoms with Gasteiger partial charge in [0.05, 0.1) is 8.71 Å². The molecule has 0 atom stereocenters. The van der Waals surface area contributed by atoms with Gasteiger partial charge < -0.3 is 9.90 Å². The molecule has 0 aromatic heterocycles. The van der Waals surface area contributed by atoms with E-state index < -0.39 is 17.0 Å². The average molecular weight is 175 g/mol. The molecule has 0 saturated carbocycles. The molecule has 0 radical (unpaired) electrons. The molecule has 0 spiro atoms. The number of hydrogen-bond donors (Lipinski definition) is 0. The number of hydrogen-bond acceptors (Lipinski definition) is 2. The molecular formula is C3H2BrNaO2. The Hall–Kier alpha value is 0.690. The fourth-order valence-corrected chi connectivity index (χ4v) is 0. The van der Waals surface area contributed by atoms with Crippen molar-refractivity contribution in [3.63, 3.8) is 0 Å². The fourth-order valence-electron chi connectivity index (χ4n) is 0. The number of carbonyl (C=O) groups is 1. The van der Waals surface area contributed by atoms with Crippen LogP contribution in [0.4, 0.5) is 0 Å². The van der Waals surface area contributed by atoms with Crippen LogP contribution in [0.5, 0.6) is 0 Å². The Kier molecular flexibility index (Phi) is 4.02. The predicted molar refractivity (Wildman–Crippen MR) is 23.1 cm³/mol. The molecular weight excluding hydrogens is 171 g/mol. The van der Waals surface area contributed by atoms with Crippen molar-refractivity contribution in [2.75, 3.05) is 0 Å². The Bertz CT molecular complexity index is 143. The summed E-state index contributed by atoms with van der Waals surface area (Å²) in [6.45, 7) is -0.787. The second-order valence-electron chi connectivity index (χ2n) is 0.601. The van der Waals surface area contributed by atoms with E-state index in [4.69, 9.17) is 2.74 Å². The number of carboxylic acid groups (broad SMARTS) is 1. The minimum Gasteiger partial charge on any atom is -0.544 e. The molecule has 0 N–H and O–H groups in total. The molecule has 0 unspecified atom stereocenters. The van der Waals surface area contributed by atoms with Crippen LogP contribution in [0.25, 0.3) is 0 Å². The average Bonchev–Trinajstić information content (AvgIpc) is 1.64. The van der Waals surface area contributed by atoms with Crippen molar-refractivity contribution in [1.29, 1.82) is 0 Å². The van der Waals surface area contributed by atoms with E-state index in [0.717, 1.165) is 0 Å².